The van der Waals surface area contributed by atoms with Crippen LogP contribution in [0.2, 0.25) is 0 Å². The molecule has 2 aliphatic rings. The van der Waals surface area contributed by atoms with Crippen LogP contribution < -0.4 is 5.32 Å². The average Bonchev–Trinajstić information content (AvgIpc) is 2.79. The molecule has 1 N–H and O–H groups in total. The summed E-state index contributed by atoms with van der Waals surface area (Å²) in [7, 11) is 0. The van der Waals surface area contributed by atoms with Gasteiger partial charge in [-0.2, -0.15) is 0 Å². The lowest BCUT2D eigenvalue weighted by atomic mass is 9.77. The van der Waals surface area contributed by atoms with E-state index in [4.69, 9.17) is 0 Å². The van der Waals surface area contributed by atoms with Crippen molar-refractivity contribution in [2.75, 3.05) is 0 Å². The second-order valence-electron chi connectivity index (χ2n) is 4.49. The molecule has 1 amide bonds. The molecule has 2 heteroatoms. The van der Waals surface area contributed by atoms with E-state index in [0.717, 1.165) is 18.8 Å². The first-order valence-corrected chi connectivity index (χ1v) is 4.96. The Kier molecular flexibility index (Phi) is 1.67. The molecule has 1 aliphatic carbocycles. The molecule has 1 saturated heterocycles. The first-order valence-electron chi connectivity index (χ1n) is 4.96. The van der Waals surface area contributed by atoms with E-state index in [1.165, 1.54) is 12.8 Å². The van der Waals surface area contributed by atoms with Crippen molar-refractivity contribution in [2.24, 2.45) is 11.3 Å². The van der Waals surface area contributed by atoms with Crippen LogP contribution in [0, 0.1) is 11.3 Å². The van der Waals surface area contributed by atoms with E-state index in [-0.39, 0.29) is 11.3 Å². The molecule has 0 bridgehead atoms. The average molecular weight is 167 g/mol. The topological polar surface area (TPSA) is 29.1 Å². The lowest BCUT2D eigenvalue weighted by Gasteiger charge is -2.29. The second-order valence-corrected chi connectivity index (χ2v) is 4.49. The number of rotatable bonds is 2. The lowest BCUT2D eigenvalue weighted by Crippen LogP contribution is -2.35. The van der Waals surface area contributed by atoms with Gasteiger partial charge in [0.25, 0.3) is 0 Å². The molecule has 0 aromatic rings. The quantitative estimate of drug-likeness (QED) is 0.666. The summed E-state index contributed by atoms with van der Waals surface area (Å²) in [5.41, 5.74) is 0.284. The number of nitrogens with one attached hydrogen (secondary N) is 1. The van der Waals surface area contributed by atoms with Crippen LogP contribution in [0.15, 0.2) is 0 Å². The second kappa shape index (κ2) is 2.48. The largest absolute Gasteiger partial charge is 0.353 e. The van der Waals surface area contributed by atoms with E-state index in [0.29, 0.717) is 6.04 Å². The Bertz CT molecular complexity index is 210. The van der Waals surface area contributed by atoms with Crippen LogP contribution in [0.5, 0.6) is 0 Å². The highest BCUT2D eigenvalue weighted by molar-refractivity contribution is 5.80. The lowest BCUT2D eigenvalue weighted by molar-refractivity contribution is -0.119. The van der Waals surface area contributed by atoms with Crippen LogP contribution in [-0.2, 0) is 4.79 Å². The SMILES string of the molecule is CCC1NC(=O)CC1(C)C1CC1. The van der Waals surface area contributed by atoms with Gasteiger partial charge in [0.15, 0.2) is 0 Å². The fourth-order valence-electron chi connectivity index (χ4n) is 2.62. The van der Waals surface area contributed by atoms with Crippen LogP contribution in [-0.4, -0.2) is 11.9 Å². The minimum atomic E-state index is 0.260. The third kappa shape index (κ3) is 1.05. The predicted octanol–water partition coefficient (Wildman–Crippen LogP) is 1.70. The zero-order valence-corrected chi connectivity index (χ0v) is 7.89. The third-order valence-corrected chi connectivity index (χ3v) is 3.59. The Morgan fingerprint density at radius 1 is 1.58 bits per heavy atom. The highest BCUT2D eigenvalue weighted by Gasteiger charge is 2.51. The maximum Gasteiger partial charge on any atom is 0.220 e. The summed E-state index contributed by atoms with van der Waals surface area (Å²) in [5, 5.41) is 3.08. The van der Waals surface area contributed by atoms with Crippen molar-refractivity contribution in [3.05, 3.63) is 0 Å². The van der Waals surface area contributed by atoms with Crippen molar-refractivity contribution in [2.45, 2.75) is 45.6 Å². The normalized spacial score (nSPS) is 41.5. The number of amides is 1. The van der Waals surface area contributed by atoms with Gasteiger partial charge in [0.05, 0.1) is 0 Å². The molecule has 0 aromatic carbocycles. The van der Waals surface area contributed by atoms with E-state index in [1.54, 1.807) is 0 Å². The van der Waals surface area contributed by atoms with Gasteiger partial charge in [0.2, 0.25) is 5.91 Å². The van der Waals surface area contributed by atoms with E-state index >= 15 is 0 Å². The summed E-state index contributed by atoms with van der Waals surface area (Å²) in [5.74, 6) is 1.08. The first kappa shape index (κ1) is 8.09. The highest BCUT2D eigenvalue weighted by atomic mass is 16.2. The van der Waals surface area contributed by atoms with Crippen molar-refractivity contribution in [1.82, 2.24) is 5.32 Å². The van der Waals surface area contributed by atoms with Crippen molar-refractivity contribution >= 4 is 5.91 Å². The molecule has 2 unspecified atom stereocenters. The maximum atomic E-state index is 11.2. The van der Waals surface area contributed by atoms with Gasteiger partial charge < -0.3 is 5.32 Å². The molecule has 1 heterocycles. The van der Waals surface area contributed by atoms with Gasteiger partial charge in [0.1, 0.15) is 0 Å². The van der Waals surface area contributed by atoms with Gasteiger partial charge in [-0.1, -0.05) is 13.8 Å². The summed E-state index contributed by atoms with van der Waals surface area (Å²) >= 11 is 0. The molecule has 1 saturated carbocycles. The molecule has 0 aromatic heterocycles. The molecule has 0 radical (unpaired) electrons. The summed E-state index contributed by atoms with van der Waals surface area (Å²) in [6.45, 7) is 4.44. The first-order chi connectivity index (χ1) is 5.66. The summed E-state index contributed by atoms with van der Waals surface area (Å²) < 4.78 is 0. The van der Waals surface area contributed by atoms with Gasteiger partial charge in [-0.15, -0.1) is 0 Å². The fourth-order valence-corrected chi connectivity index (χ4v) is 2.62. The molecular weight excluding hydrogens is 150 g/mol. The number of hydrogen-bond donors (Lipinski definition) is 1. The Labute approximate surface area is 73.7 Å². The fraction of sp³-hybridized carbons (Fsp3) is 0.900. The molecular formula is C10H17NO. The predicted molar refractivity (Wildman–Crippen MR) is 47.7 cm³/mol. The summed E-state index contributed by atoms with van der Waals surface area (Å²) in [4.78, 5) is 11.2. The monoisotopic (exact) mass is 167 g/mol. The molecule has 2 nitrogen and oxygen atoms in total. The summed E-state index contributed by atoms with van der Waals surface area (Å²) in [6.07, 6.45) is 4.51. The van der Waals surface area contributed by atoms with Crippen LogP contribution in [0.4, 0.5) is 0 Å². The Balaban J connectivity index is 2.16. The standard InChI is InChI=1S/C10H17NO/c1-3-8-10(2,7-4-5-7)6-9(12)11-8/h7-8H,3-6H2,1-2H3,(H,11,12). The Morgan fingerprint density at radius 3 is 2.75 bits per heavy atom. The van der Waals surface area contributed by atoms with Crippen molar-refractivity contribution < 1.29 is 4.79 Å². The molecule has 12 heavy (non-hydrogen) atoms. The van der Waals surface area contributed by atoms with Gasteiger partial charge in [-0.3, -0.25) is 4.79 Å². The zero-order valence-electron chi connectivity index (χ0n) is 7.89. The minimum Gasteiger partial charge on any atom is -0.353 e. The van der Waals surface area contributed by atoms with Crippen LogP contribution >= 0.6 is 0 Å². The highest BCUT2D eigenvalue weighted by Crippen LogP contribution is 2.52. The summed E-state index contributed by atoms with van der Waals surface area (Å²) in [6, 6.07) is 0.442. The van der Waals surface area contributed by atoms with Gasteiger partial charge >= 0.3 is 0 Å². The van der Waals surface area contributed by atoms with Crippen molar-refractivity contribution in [3.8, 4) is 0 Å². The van der Waals surface area contributed by atoms with Gasteiger partial charge in [-0.25, -0.2) is 0 Å². The zero-order chi connectivity index (χ0) is 8.77. The van der Waals surface area contributed by atoms with Crippen LogP contribution in [0.25, 0.3) is 0 Å². The van der Waals surface area contributed by atoms with E-state index in [1.807, 2.05) is 0 Å². The van der Waals surface area contributed by atoms with Gasteiger partial charge in [-0.05, 0) is 30.6 Å². The molecule has 2 fully saturated rings. The van der Waals surface area contributed by atoms with Crippen LogP contribution in [0.1, 0.15) is 39.5 Å². The number of carbonyl (C=O) groups is 1. The minimum absolute atomic E-state index is 0.260. The third-order valence-electron chi connectivity index (χ3n) is 3.59. The molecule has 2 atom stereocenters. The Morgan fingerprint density at radius 2 is 2.25 bits per heavy atom. The number of carbonyl (C=O) groups excluding carboxylic acids is 1. The van der Waals surface area contributed by atoms with Crippen molar-refractivity contribution in [3.63, 3.8) is 0 Å². The van der Waals surface area contributed by atoms with E-state index in [2.05, 4.69) is 19.2 Å². The number of hydrogen-bond acceptors (Lipinski definition) is 1. The molecule has 0 spiro atoms. The van der Waals surface area contributed by atoms with Gasteiger partial charge in [0, 0.05) is 12.5 Å². The molecule has 68 valence electrons. The van der Waals surface area contributed by atoms with E-state index < -0.39 is 0 Å². The van der Waals surface area contributed by atoms with E-state index in [9.17, 15) is 4.79 Å². The van der Waals surface area contributed by atoms with Crippen molar-refractivity contribution in [1.29, 1.82) is 0 Å². The maximum absolute atomic E-state index is 11.2. The molecule has 2 rings (SSSR count). The van der Waals surface area contributed by atoms with Crippen LogP contribution in [0.3, 0.4) is 0 Å². The Hall–Kier alpha value is -0.530. The smallest absolute Gasteiger partial charge is 0.220 e. The molecule has 1 aliphatic heterocycles.